The minimum absolute atomic E-state index is 0.0532. The van der Waals surface area contributed by atoms with E-state index in [0.717, 1.165) is 41.1 Å². The number of carbonyl (C=O) groups excluding carboxylic acids is 2. The number of benzene rings is 3. The first-order valence-corrected chi connectivity index (χ1v) is 16.8. The second-order valence-electron chi connectivity index (χ2n) is 11.3. The Morgan fingerprint density at radius 1 is 0.907 bits per heavy atom. The van der Waals surface area contributed by atoms with E-state index >= 15 is 0 Å². The largest absolute Gasteiger partial charge is 0.352 e. The van der Waals surface area contributed by atoms with Gasteiger partial charge in [0.1, 0.15) is 12.6 Å². The summed E-state index contributed by atoms with van der Waals surface area (Å²) in [4.78, 5) is 29.5. The van der Waals surface area contributed by atoms with Gasteiger partial charge in [-0.15, -0.1) is 0 Å². The number of nitrogens with one attached hydrogen (secondary N) is 1. The van der Waals surface area contributed by atoms with Gasteiger partial charge in [0.05, 0.1) is 20.6 Å². The molecule has 1 aliphatic rings. The minimum Gasteiger partial charge on any atom is -0.352 e. The van der Waals surface area contributed by atoms with Crippen molar-refractivity contribution in [2.75, 3.05) is 10.8 Å². The molecule has 1 atom stereocenters. The summed E-state index contributed by atoms with van der Waals surface area (Å²) in [5.74, 6) is -0.752. The number of anilines is 1. The first kappa shape index (κ1) is 32.8. The van der Waals surface area contributed by atoms with E-state index in [1.807, 2.05) is 39.8 Å². The van der Waals surface area contributed by atoms with E-state index in [9.17, 15) is 18.0 Å². The van der Waals surface area contributed by atoms with Gasteiger partial charge in [0.25, 0.3) is 10.0 Å². The average molecular weight is 645 g/mol. The molecule has 0 aliphatic heterocycles. The molecule has 230 valence electrons. The van der Waals surface area contributed by atoms with E-state index < -0.39 is 28.5 Å². The van der Waals surface area contributed by atoms with Crippen LogP contribution in [0, 0.1) is 20.8 Å². The van der Waals surface area contributed by atoms with Crippen LogP contribution in [0.2, 0.25) is 10.0 Å². The molecule has 0 radical (unpaired) electrons. The molecule has 43 heavy (non-hydrogen) atoms. The zero-order valence-corrected chi connectivity index (χ0v) is 27.4. The third-order valence-electron chi connectivity index (χ3n) is 7.93. The molecule has 1 N–H and O–H groups in total. The molecule has 2 amide bonds. The number of hydrogen-bond acceptors (Lipinski definition) is 4. The molecule has 0 saturated heterocycles. The van der Waals surface area contributed by atoms with Crippen molar-refractivity contribution in [3.8, 4) is 0 Å². The Labute approximate surface area is 265 Å². The molecular weight excluding hydrogens is 605 g/mol. The van der Waals surface area contributed by atoms with E-state index in [-0.39, 0.29) is 23.4 Å². The summed E-state index contributed by atoms with van der Waals surface area (Å²) in [6.45, 7) is 7.03. The summed E-state index contributed by atoms with van der Waals surface area (Å²) in [7, 11) is -4.14. The zero-order valence-electron chi connectivity index (χ0n) is 25.1. The van der Waals surface area contributed by atoms with Gasteiger partial charge in [0, 0.05) is 12.6 Å². The molecule has 3 aromatic rings. The van der Waals surface area contributed by atoms with Crippen molar-refractivity contribution in [3.05, 3.63) is 93.0 Å². The Morgan fingerprint density at radius 2 is 1.56 bits per heavy atom. The third kappa shape index (κ3) is 7.91. The predicted octanol–water partition coefficient (Wildman–Crippen LogP) is 6.98. The number of halogens is 2. The van der Waals surface area contributed by atoms with Crippen molar-refractivity contribution < 1.29 is 18.0 Å². The third-order valence-corrected chi connectivity index (χ3v) is 10.4. The van der Waals surface area contributed by atoms with Crippen LogP contribution in [0.3, 0.4) is 0 Å². The maximum absolute atomic E-state index is 14.3. The first-order chi connectivity index (χ1) is 20.4. The number of hydrogen-bond donors (Lipinski definition) is 1. The van der Waals surface area contributed by atoms with Gasteiger partial charge in [0.2, 0.25) is 11.8 Å². The lowest BCUT2D eigenvalue weighted by atomic mass is 10.1. The summed E-state index contributed by atoms with van der Waals surface area (Å²) in [6, 6.07) is 16.3. The quantitative estimate of drug-likeness (QED) is 0.244. The normalized spacial score (nSPS) is 14.4. The highest BCUT2D eigenvalue weighted by atomic mass is 35.5. The fourth-order valence-corrected chi connectivity index (χ4v) is 7.36. The smallest absolute Gasteiger partial charge is 0.264 e. The summed E-state index contributed by atoms with van der Waals surface area (Å²) in [6.07, 6.45) is 4.25. The van der Waals surface area contributed by atoms with E-state index in [2.05, 4.69) is 5.32 Å². The van der Waals surface area contributed by atoms with Gasteiger partial charge in [-0.05, 0) is 81.5 Å². The van der Waals surface area contributed by atoms with Crippen LogP contribution in [-0.4, -0.2) is 43.8 Å². The van der Waals surface area contributed by atoms with Gasteiger partial charge in [-0.3, -0.25) is 13.9 Å². The van der Waals surface area contributed by atoms with Crippen LogP contribution in [0.5, 0.6) is 0 Å². The summed E-state index contributed by atoms with van der Waals surface area (Å²) < 4.78 is 29.4. The minimum atomic E-state index is -4.14. The van der Waals surface area contributed by atoms with Crippen LogP contribution in [0.1, 0.15) is 61.3 Å². The lowest BCUT2D eigenvalue weighted by molar-refractivity contribution is -0.140. The predicted molar refractivity (Wildman–Crippen MR) is 173 cm³/mol. The van der Waals surface area contributed by atoms with E-state index in [1.54, 1.807) is 48.5 Å². The van der Waals surface area contributed by atoms with Crippen LogP contribution in [0.25, 0.3) is 0 Å². The number of aryl methyl sites for hydroxylation is 3. The second-order valence-corrected chi connectivity index (χ2v) is 14.0. The van der Waals surface area contributed by atoms with E-state index in [0.29, 0.717) is 33.3 Å². The van der Waals surface area contributed by atoms with Crippen LogP contribution < -0.4 is 9.62 Å². The van der Waals surface area contributed by atoms with E-state index in [1.165, 1.54) is 4.90 Å². The number of amides is 2. The number of rotatable bonds is 11. The Balaban J connectivity index is 1.75. The van der Waals surface area contributed by atoms with Crippen LogP contribution in [-0.2, 0) is 26.2 Å². The van der Waals surface area contributed by atoms with Gasteiger partial charge in [-0.25, -0.2) is 8.42 Å². The molecule has 0 aromatic heterocycles. The van der Waals surface area contributed by atoms with Gasteiger partial charge < -0.3 is 10.2 Å². The lowest BCUT2D eigenvalue weighted by Gasteiger charge is -2.34. The highest BCUT2D eigenvalue weighted by Crippen LogP contribution is 2.29. The Bertz CT molecular complexity index is 1570. The van der Waals surface area contributed by atoms with E-state index in [4.69, 9.17) is 23.2 Å². The Hall–Kier alpha value is -3.07. The van der Waals surface area contributed by atoms with Gasteiger partial charge in [-0.2, -0.15) is 0 Å². The summed E-state index contributed by atoms with van der Waals surface area (Å²) >= 11 is 12.4. The molecule has 7 nitrogen and oxygen atoms in total. The van der Waals surface area contributed by atoms with Crippen molar-refractivity contribution >= 4 is 50.7 Å². The molecule has 0 spiro atoms. The molecular formula is C33H39Cl2N3O4S. The monoisotopic (exact) mass is 643 g/mol. The Kier molecular flexibility index (Phi) is 10.8. The standard InChI is InChI=1S/C33H39Cl2N3O4S/c1-5-30(33(40)36-26-8-6-7-9-26)37(20-25-13-16-28(34)29(35)19-25)32(39)21-38(31-17-12-23(3)18-24(31)4)43(41,42)27-14-10-22(2)11-15-27/h10-19,26,30H,5-9,20-21H2,1-4H3,(H,36,40)/t30-/m1/s1. The molecule has 0 unspecified atom stereocenters. The maximum Gasteiger partial charge on any atom is 0.264 e. The van der Waals surface area contributed by atoms with Crippen LogP contribution in [0.15, 0.2) is 65.6 Å². The molecule has 10 heteroatoms. The van der Waals surface area contributed by atoms with Gasteiger partial charge in [0.15, 0.2) is 0 Å². The van der Waals surface area contributed by atoms with Crippen molar-refractivity contribution in [1.82, 2.24) is 10.2 Å². The van der Waals surface area contributed by atoms with Gasteiger partial charge in [-0.1, -0.05) is 84.4 Å². The van der Waals surface area contributed by atoms with Crippen LogP contribution in [0.4, 0.5) is 5.69 Å². The highest BCUT2D eigenvalue weighted by molar-refractivity contribution is 7.92. The molecule has 3 aromatic carbocycles. The first-order valence-electron chi connectivity index (χ1n) is 14.6. The molecule has 0 heterocycles. The average Bonchev–Trinajstić information content (AvgIpc) is 3.47. The molecule has 1 fully saturated rings. The van der Waals surface area contributed by atoms with Crippen LogP contribution >= 0.6 is 23.2 Å². The molecule has 1 aliphatic carbocycles. The zero-order chi connectivity index (χ0) is 31.3. The summed E-state index contributed by atoms with van der Waals surface area (Å²) in [5, 5.41) is 3.82. The topological polar surface area (TPSA) is 86.8 Å². The second kappa shape index (κ2) is 14.1. The highest BCUT2D eigenvalue weighted by Gasteiger charge is 2.35. The molecule has 1 saturated carbocycles. The van der Waals surface area contributed by atoms with Gasteiger partial charge >= 0.3 is 0 Å². The Morgan fingerprint density at radius 3 is 2.16 bits per heavy atom. The fraction of sp³-hybridized carbons (Fsp3) is 0.394. The fourth-order valence-electron chi connectivity index (χ4n) is 5.56. The number of carbonyl (C=O) groups is 2. The van der Waals surface area contributed by atoms with Crippen molar-refractivity contribution in [1.29, 1.82) is 0 Å². The van der Waals surface area contributed by atoms with Crippen molar-refractivity contribution in [3.63, 3.8) is 0 Å². The molecule has 0 bridgehead atoms. The molecule has 4 rings (SSSR count). The number of sulfonamides is 1. The number of nitrogens with zero attached hydrogens (tertiary/aromatic N) is 2. The van der Waals surface area contributed by atoms with Crippen molar-refractivity contribution in [2.24, 2.45) is 0 Å². The maximum atomic E-state index is 14.3. The lowest BCUT2D eigenvalue weighted by Crippen LogP contribution is -2.53. The van der Waals surface area contributed by atoms with Crippen molar-refractivity contribution in [2.45, 2.75) is 83.3 Å². The summed E-state index contributed by atoms with van der Waals surface area (Å²) in [5.41, 5.74) is 3.67. The SMILES string of the molecule is CC[C@H](C(=O)NC1CCCC1)N(Cc1ccc(Cl)c(Cl)c1)C(=O)CN(c1ccc(C)cc1C)S(=O)(=O)c1ccc(C)cc1.